The number of aliphatic hydroxyl groups is 1. The molecule has 1 aromatic heterocycles. The van der Waals surface area contributed by atoms with Crippen molar-refractivity contribution in [2.45, 2.75) is 31.3 Å². The van der Waals surface area contributed by atoms with Crippen molar-refractivity contribution in [3.63, 3.8) is 0 Å². The van der Waals surface area contributed by atoms with Crippen LogP contribution in [0.3, 0.4) is 0 Å². The van der Waals surface area contributed by atoms with Crippen LogP contribution in [0, 0.1) is 17.8 Å². The van der Waals surface area contributed by atoms with Gasteiger partial charge in [-0.15, -0.1) is 11.3 Å². The molecule has 2 N–H and O–H groups in total. The minimum absolute atomic E-state index is 0.111. The van der Waals surface area contributed by atoms with Crippen LogP contribution in [0.25, 0.3) is 0 Å². The maximum atomic E-state index is 11.2. The van der Waals surface area contributed by atoms with Crippen LogP contribution in [0.2, 0.25) is 0 Å². The lowest BCUT2D eigenvalue weighted by Crippen LogP contribution is -2.41. The molecule has 2 aliphatic carbocycles. The van der Waals surface area contributed by atoms with Gasteiger partial charge in [0, 0.05) is 11.6 Å². The normalized spacial score (nSPS) is 40.4. The van der Waals surface area contributed by atoms with E-state index in [-0.39, 0.29) is 17.8 Å². The van der Waals surface area contributed by atoms with Crippen molar-refractivity contribution in [2.24, 2.45) is 17.8 Å². The Kier molecular flexibility index (Phi) is 2.48. The first-order valence-corrected chi connectivity index (χ1v) is 6.83. The molecule has 1 aromatic rings. The van der Waals surface area contributed by atoms with E-state index in [1.165, 1.54) is 11.3 Å². The van der Waals surface area contributed by atoms with Crippen molar-refractivity contribution >= 4 is 17.3 Å². The Balaban J connectivity index is 1.89. The van der Waals surface area contributed by atoms with Crippen molar-refractivity contribution in [1.82, 2.24) is 4.98 Å². The third-order valence-corrected chi connectivity index (χ3v) is 5.21. The van der Waals surface area contributed by atoms with E-state index in [1.807, 2.05) is 5.38 Å². The number of carboxylic acids is 1. The second-order valence-corrected chi connectivity index (χ2v) is 6.13. The van der Waals surface area contributed by atoms with E-state index < -0.39 is 11.6 Å². The van der Waals surface area contributed by atoms with E-state index in [0.717, 1.165) is 17.8 Å². The molecule has 1 heterocycles. The fourth-order valence-corrected chi connectivity index (χ4v) is 4.37. The molecule has 2 bridgehead atoms. The molecule has 17 heavy (non-hydrogen) atoms. The molecule has 0 radical (unpaired) electrons. The number of rotatable bonds is 2. The van der Waals surface area contributed by atoms with Gasteiger partial charge in [0.1, 0.15) is 10.6 Å². The van der Waals surface area contributed by atoms with E-state index >= 15 is 0 Å². The lowest BCUT2D eigenvalue weighted by molar-refractivity contribution is -0.149. The average molecular weight is 253 g/mol. The topological polar surface area (TPSA) is 70.4 Å². The summed E-state index contributed by atoms with van der Waals surface area (Å²) in [6, 6.07) is 0. The van der Waals surface area contributed by atoms with Crippen LogP contribution in [-0.4, -0.2) is 21.2 Å². The fourth-order valence-electron chi connectivity index (χ4n) is 3.61. The van der Waals surface area contributed by atoms with Crippen molar-refractivity contribution < 1.29 is 15.0 Å². The molecule has 0 saturated heterocycles. The lowest BCUT2D eigenvalue weighted by atomic mass is 9.71. The van der Waals surface area contributed by atoms with E-state index in [4.69, 9.17) is 0 Å². The van der Waals surface area contributed by atoms with Crippen molar-refractivity contribution in [3.05, 3.63) is 16.6 Å². The fraction of sp³-hybridized carbons (Fsp3) is 0.667. The summed E-state index contributed by atoms with van der Waals surface area (Å²) in [4.78, 5) is 15.4. The Morgan fingerprint density at radius 2 is 2.06 bits per heavy atom. The van der Waals surface area contributed by atoms with Gasteiger partial charge in [0.2, 0.25) is 0 Å². The number of hydrogen-bond donors (Lipinski definition) is 2. The summed E-state index contributed by atoms with van der Waals surface area (Å²) in [5.41, 5.74) is -0.883. The zero-order chi connectivity index (χ0) is 12.0. The van der Waals surface area contributed by atoms with Gasteiger partial charge >= 0.3 is 5.97 Å². The number of carboxylic acid groups (broad SMARTS) is 1. The Morgan fingerprint density at radius 3 is 2.53 bits per heavy atom. The molecule has 2 aliphatic rings. The molecule has 2 fully saturated rings. The van der Waals surface area contributed by atoms with Crippen molar-refractivity contribution in [2.75, 3.05) is 0 Å². The third kappa shape index (κ3) is 1.68. The van der Waals surface area contributed by atoms with Crippen LogP contribution >= 0.6 is 11.3 Å². The second kappa shape index (κ2) is 3.78. The van der Waals surface area contributed by atoms with Gasteiger partial charge in [-0.25, -0.2) is 4.98 Å². The Hall–Kier alpha value is -0.940. The number of thiazole rings is 1. The quantitative estimate of drug-likeness (QED) is 0.844. The van der Waals surface area contributed by atoms with E-state index in [1.54, 1.807) is 6.20 Å². The second-order valence-electron chi connectivity index (χ2n) is 5.24. The first-order chi connectivity index (χ1) is 8.10. The summed E-state index contributed by atoms with van der Waals surface area (Å²) < 4.78 is 0. The minimum Gasteiger partial charge on any atom is -0.481 e. The van der Waals surface area contributed by atoms with E-state index in [2.05, 4.69) is 4.98 Å². The van der Waals surface area contributed by atoms with Crippen LogP contribution in [0.4, 0.5) is 0 Å². The number of hydrogen-bond acceptors (Lipinski definition) is 4. The first kappa shape index (κ1) is 11.2. The van der Waals surface area contributed by atoms with Gasteiger partial charge in [-0.3, -0.25) is 4.79 Å². The Morgan fingerprint density at radius 1 is 1.41 bits per heavy atom. The van der Waals surface area contributed by atoms with Gasteiger partial charge in [-0.1, -0.05) is 0 Å². The molecule has 0 aliphatic heterocycles. The zero-order valence-corrected chi connectivity index (χ0v) is 10.2. The van der Waals surface area contributed by atoms with E-state index in [0.29, 0.717) is 12.8 Å². The molecule has 3 rings (SSSR count). The predicted molar refractivity (Wildman–Crippen MR) is 62.6 cm³/mol. The predicted octanol–water partition coefficient (Wildman–Crippen LogP) is 1.85. The summed E-state index contributed by atoms with van der Waals surface area (Å²) in [6.45, 7) is 0. The molecular formula is C12H15NO3S. The minimum atomic E-state index is -0.883. The Labute approximate surface area is 103 Å². The van der Waals surface area contributed by atoms with Crippen molar-refractivity contribution in [1.29, 1.82) is 0 Å². The largest absolute Gasteiger partial charge is 0.481 e. The summed E-state index contributed by atoms with van der Waals surface area (Å²) in [5.74, 6) is -0.728. The summed E-state index contributed by atoms with van der Waals surface area (Å²) >= 11 is 1.46. The van der Waals surface area contributed by atoms with Crippen LogP contribution in [-0.2, 0) is 10.4 Å². The highest BCUT2D eigenvalue weighted by Crippen LogP contribution is 2.54. The molecule has 0 amide bonds. The molecule has 2 saturated carbocycles. The molecule has 0 spiro atoms. The van der Waals surface area contributed by atoms with Gasteiger partial charge in [0.25, 0.3) is 0 Å². The molecular weight excluding hydrogens is 238 g/mol. The standard InChI is InChI=1S/C12H15NO3S/c14-10(15)9-7-1-2-8(9)6-12(16,5-7)11-13-3-4-17-11/h3-4,7-9,16H,1-2,5-6H2,(H,14,15). The number of aromatic nitrogens is 1. The summed E-state index contributed by atoms with van der Waals surface area (Å²) in [7, 11) is 0. The SMILES string of the molecule is O=C(O)C1C2CCC1CC(O)(c1nccs1)C2. The molecule has 2 unspecified atom stereocenters. The Bertz CT molecular complexity index is 417. The first-order valence-electron chi connectivity index (χ1n) is 5.95. The number of nitrogens with zero attached hydrogens (tertiary/aromatic N) is 1. The third-order valence-electron chi connectivity index (χ3n) is 4.24. The lowest BCUT2D eigenvalue weighted by Gasteiger charge is -2.38. The van der Waals surface area contributed by atoms with Gasteiger partial charge in [-0.05, 0) is 37.5 Å². The highest BCUT2D eigenvalue weighted by molar-refractivity contribution is 7.09. The molecule has 92 valence electrons. The van der Waals surface area contributed by atoms with Gasteiger partial charge in [0.05, 0.1) is 5.92 Å². The summed E-state index contributed by atoms with van der Waals surface area (Å²) in [5, 5.41) is 22.5. The number of aliphatic carboxylic acids is 1. The number of fused-ring (bicyclic) bond motifs is 2. The van der Waals surface area contributed by atoms with Crippen LogP contribution < -0.4 is 0 Å². The molecule has 0 aromatic carbocycles. The highest BCUT2D eigenvalue weighted by atomic mass is 32.1. The maximum absolute atomic E-state index is 11.2. The maximum Gasteiger partial charge on any atom is 0.307 e. The van der Waals surface area contributed by atoms with Crippen LogP contribution in [0.5, 0.6) is 0 Å². The monoisotopic (exact) mass is 253 g/mol. The van der Waals surface area contributed by atoms with Gasteiger partial charge < -0.3 is 10.2 Å². The number of carbonyl (C=O) groups is 1. The van der Waals surface area contributed by atoms with Gasteiger partial charge in [-0.2, -0.15) is 0 Å². The van der Waals surface area contributed by atoms with E-state index in [9.17, 15) is 15.0 Å². The highest BCUT2D eigenvalue weighted by Gasteiger charge is 2.53. The summed E-state index contributed by atoms with van der Waals surface area (Å²) in [6.07, 6.45) is 4.65. The van der Waals surface area contributed by atoms with Crippen LogP contribution in [0.1, 0.15) is 30.7 Å². The molecule has 2 atom stereocenters. The molecule has 5 heteroatoms. The smallest absolute Gasteiger partial charge is 0.307 e. The zero-order valence-electron chi connectivity index (χ0n) is 9.37. The van der Waals surface area contributed by atoms with Crippen LogP contribution in [0.15, 0.2) is 11.6 Å². The molecule has 4 nitrogen and oxygen atoms in total. The van der Waals surface area contributed by atoms with Crippen molar-refractivity contribution in [3.8, 4) is 0 Å². The van der Waals surface area contributed by atoms with Gasteiger partial charge in [0.15, 0.2) is 0 Å². The average Bonchev–Trinajstić information content (AvgIpc) is 2.86.